The first-order valence-electron chi connectivity index (χ1n) is 6.94. The first-order valence-corrected chi connectivity index (χ1v) is 7.32. The Labute approximate surface area is 139 Å². The molecule has 1 N–H and O–H groups in total. The highest BCUT2D eigenvalue weighted by Crippen LogP contribution is 2.18. The van der Waals surface area contributed by atoms with E-state index in [1.807, 2.05) is 30.3 Å². The van der Waals surface area contributed by atoms with E-state index in [-0.39, 0.29) is 6.61 Å². The van der Waals surface area contributed by atoms with Crippen LogP contribution >= 0.6 is 11.6 Å². The first-order chi connectivity index (χ1) is 11.0. The molecule has 5 nitrogen and oxygen atoms in total. The van der Waals surface area contributed by atoms with Gasteiger partial charge in [-0.1, -0.05) is 54.1 Å². The van der Waals surface area contributed by atoms with Gasteiger partial charge in [-0.25, -0.2) is 4.79 Å². The van der Waals surface area contributed by atoms with Gasteiger partial charge in [0.2, 0.25) is 6.23 Å². The number of benzene rings is 2. The molecule has 0 radical (unpaired) electrons. The number of hydrogen-bond donors (Lipinski definition) is 1. The minimum atomic E-state index is -0.937. The summed E-state index contributed by atoms with van der Waals surface area (Å²) in [5.41, 5.74) is 1.44. The van der Waals surface area contributed by atoms with Gasteiger partial charge in [0.15, 0.2) is 0 Å². The van der Waals surface area contributed by atoms with Crippen LogP contribution in [0.2, 0.25) is 5.02 Å². The Morgan fingerprint density at radius 2 is 1.74 bits per heavy atom. The van der Waals surface area contributed by atoms with E-state index in [2.05, 4.69) is 5.32 Å². The van der Waals surface area contributed by atoms with Gasteiger partial charge >= 0.3 is 12.1 Å². The van der Waals surface area contributed by atoms with E-state index in [0.29, 0.717) is 10.6 Å². The second kappa shape index (κ2) is 8.19. The quantitative estimate of drug-likeness (QED) is 0.667. The molecule has 0 fully saturated rings. The molecular weight excluding hydrogens is 318 g/mol. The Balaban J connectivity index is 1.98. The summed E-state index contributed by atoms with van der Waals surface area (Å²) in [4.78, 5) is 23.1. The maximum absolute atomic E-state index is 11.9. The molecule has 1 amide bonds. The van der Waals surface area contributed by atoms with Crippen molar-refractivity contribution in [3.8, 4) is 0 Å². The topological polar surface area (TPSA) is 64.6 Å². The minimum Gasteiger partial charge on any atom is -0.445 e. The molecule has 120 valence electrons. The molecule has 0 bridgehead atoms. The molecule has 1 unspecified atom stereocenters. The number of amides is 1. The van der Waals surface area contributed by atoms with E-state index in [4.69, 9.17) is 21.1 Å². The van der Waals surface area contributed by atoms with Gasteiger partial charge in [-0.15, -0.1) is 0 Å². The van der Waals surface area contributed by atoms with Crippen LogP contribution in [0, 0.1) is 0 Å². The van der Waals surface area contributed by atoms with Crippen molar-refractivity contribution in [3.05, 3.63) is 70.7 Å². The van der Waals surface area contributed by atoms with Crippen LogP contribution in [0.3, 0.4) is 0 Å². The van der Waals surface area contributed by atoms with Crippen LogP contribution in [0.25, 0.3) is 0 Å². The zero-order valence-electron chi connectivity index (χ0n) is 12.5. The van der Waals surface area contributed by atoms with E-state index in [0.717, 1.165) is 5.56 Å². The van der Waals surface area contributed by atoms with Crippen molar-refractivity contribution in [1.82, 2.24) is 5.32 Å². The Hall–Kier alpha value is -2.53. The largest absolute Gasteiger partial charge is 0.445 e. The number of carbonyl (C=O) groups excluding carboxylic acids is 2. The lowest BCUT2D eigenvalue weighted by Crippen LogP contribution is -2.31. The first kappa shape index (κ1) is 16.8. The van der Waals surface area contributed by atoms with Crippen molar-refractivity contribution >= 4 is 23.7 Å². The second-order valence-corrected chi connectivity index (χ2v) is 5.18. The van der Waals surface area contributed by atoms with Crippen molar-refractivity contribution < 1.29 is 19.1 Å². The number of carbonyl (C=O) groups is 2. The van der Waals surface area contributed by atoms with Crippen LogP contribution in [0.15, 0.2) is 54.6 Å². The molecule has 6 heteroatoms. The van der Waals surface area contributed by atoms with Crippen LogP contribution in [0.4, 0.5) is 4.79 Å². The lowest BCUT2D eigenvalue weighted by Gasteiger charge is -2.18. The highest BCUT2D eigenvalue weighted by Gasteiger charge is 2.18. The maximum atomic E-state index is 11.9. The van der Waals surface area contributed by atoms with Crippen molar-refractivity contribution in [3.63, 3.8) is 0 Å². The van der Waals surface area contributed by atoms with Crippen molar-refractivity contribution in [2.45, 2.75) is 19.8 Å². The summed E-state index contributed by atoms with van der Waals surface area (Å²) in [7, 11) is 0. The standard InChI is InChI=1S/C17H16ClNO4/c1-12(20)23-16(14-7-9-15(18)10-8-14)19-17(21)22-11-13-5-3-2-4-6-13/h2-10,16H,11H2,1H3,(H,19,21). The summed E-state index contributed by atoms with van der Waals surface area (Å²) >= 11 is 5.83. The third kappa shape index (κ3) is 5.64. The molecular formula is C17H16ClNO4. The molecule has 0 saturated heterocycles. The molecule has 0 aromatic heterocycles. The Morgan fingerprint density at radius 3 is 2.35 bits per heavy atom. The SMILES string of the molecule is CC(=O)OC(NC(=O)OCc1ccccc1)c1ccc(Cl)cc1. The number of ether oxygens (including phenoxy) is 2. The monoisotopic (exact) mass is 333 g/mol. The lowest BCUT2D eigenvalue weighted by atomic mass is 10.2. The second-order valence-electron chi connectivity index (χ2n) is 4.75. The smallest absolute Gasteiger partial charge is 0.410 e. The number of rotatable bonds is 5. The molecule has 0 saturated carbocycles. The average Bonchev–Trinajstić information content (AvgIpc) is 2.53. The van der Waals surface area contributed by atoms with Crippen LogP contribution in [0.1, 0.15) is 24.3 Å². The molecule has 0 aliphatic heterocycles. The highest BCUT2D eigenvalue weighted by molar-refractivity contribution is 6.30. The summed E-state index contributed by atoms with van der Waals surface area (Å²) in [5, 5.41) is 3.05. The van der Waals surface area contributed by atoms with E-state index >= 15 is 0 Å². The van der Waals surface area contributed by atoms with Crippen LogP contribution in [-0.2, 0) is 20.9 Å². The number of halogens is 1. The maximum Gasteiger partial charge on any atom is 0.410 e. The zero-order chi connectivity index (χ0) is 16.7. The predicted octanol–water partition coefficient (Wildman–Crippen LogP) is 3.83. The molecule has 2 aromatic carbocycles. The average molecular weight is 334 g/mol. The van der Waals surface area contributed by atoms with E-state index in [1.165, 1.54) is 6.92 Å². The Morgan fingerprint density at radius 1 is 1.09 bits per heavy atom. The fourth-order valence-corrected chi connectivity index (χ4v) is 1.98. The zero-order valence-corrected chi connectivity index (χ0v) is 13.2. The molecule has 0 heterocycles. The van der Waals surface area contributed by atoms with Gasteiger partial charge in [0.1, 0.15) is 6.61 Å². The Bertz CT molecular complexity index is 658. The number of hydrogen-bond acceptors (Lipinski definition) is 4. The molecule has 23 heavy (non-hydrogen) atoms. The lowest BCUT2D eigenvalue weighted by molar-refractivity contribution is -0.147. The summed E-state index contributed by atoms with van der Waals surface area (Å²) in [5.74, 6) is -0.520. The number of nitrogens with one attached hydrogen (secondary N) is 1. The molecule has 2 rings (SSSR count). The minimum absolute atomic E-state index is 0.125. The van der Waals surface area contributed by atoms with Crippen LogP contribution in [-0.4, -0.2) is 12.1 Å². The molecule has 0 aliphatic carbocycles. The van der Waals surface area contributed by atoms with Crippen LogP contribution in [0.5, 0.6) is 0 Å². The fraction of sp³-hybridized carbons (Fsp3) is 0.176. The van der Waals surface area contributed by atoms with Crippen molar-refractivity contribution in [2.24, 2.45) is 0 Å². The summed E-state index contributed by atoms with van der Waals surface area (Å²) in [6.45, 7) is 1.39. The van der Waals surface area contributed by atoms with Crippen molar-refractivity contribution in [2.75, 3.05) is 0 Å². The summed E-state index contributed by atoms with van der Waals surface area (Å²) < 4.78 is 10.2. The Kier molecular flexibility index (Phi) is 6.00. The highest BCUT2D eigenvalue weighted by atomic mass is 35.5. The molecule has 1 atom stereocenters. The van der Waals surface area contributed by atoms with Gasteiger partial charge < -0.3 is 9.47 Å². The van der Waals surface area contributed by atoms with Gasteiger partial charge in [-0.3, -0.25) is 10.1 Å². The van der Waals surface area contributed by atoms with Gasteiger partial charge in [0.25, 0.3) is 0 Å². The van der Waals surface area contributed by atoms with Gasteiger partial charge in [-0.2, -0.15) is 0 Å². The predicted molar refractivity (Wildman–Crippen MR) is 85.7 cm³/mol. The third-order valence-corrected chi connectivity index (χ3v) is 3.17. The van der Waals surface area contributed by atoms with Gasteiger partial charge in [0, 0.05) is 17.5 Å². The summed E-state index contributed by atoms with van der Waals surface area (Å²) in [6.07, 6.45) is -1.62. The normalized spacial score (nSPS) is 11.4. The van der Waals surface area contributed by atoms with Gasteiger partial charge in [-0.05, 0) is 17.7 Å². The molecule has 2 aromatic rings. The molecule has 0 aliphatic rings. The van der Waals surface area contributed by atoms with E-state index in [9.17, 15) is 9.59 Å². The van der Waals surface area contributed by atoms with Crippen molar-refractivity contribution in [1.29, 1.82) is 0 Å². The number of alkyl carbamates (subject to hydrolysis) is 1. The fourth-order valence-electron chi connectivity index (χ4n) is 1.86. The third-order valence-electron chi connectivity index (χ3n) is 2.92. The number of esters is 1. The van der Waals surface area contributed by atoms with E-state index < -0.39 is 18.3 Å². The van der Waals surface area contributed by atoms with Gasteiger partial charge in [0.05, 0.1) is 0 Å². The van der Waals surface area contributed by atoms with E-state index in [1.54, 1.807) is 24.3 Å². The summed E-state index contributed by atoms with van der Waals surface area (Å²) in [6, 6.07) is 15.9. The molecule has 0 spiro atoms. The van der Waals surface area contributed by atoms with Crippen LogP contribution < -0.4 is 5.32 Å².